The molecule has 6 nitrogen and oxygen atoms in total. The maximum atomic E-state index is 10.6. The number of nitro groups is 1. The van der Waals surface area contributed by atoms with Crippen molar-refractivity contribution in [2.75, 3.05) is 0 Å². The molecule has 1 heterocycles. The molecule has 0 saturated carbocycles. The highest BCUT2D eigenvalue weighted by atomic mass is 16.6. The van der Waals surface area contributed by atoms with Crippen molar-refractivity contribution in [2.45, 2.75) is 13.5 Å². The summed E-state index contributed by atoms with van der Waals surface area (Å²) in [5, 5.41) is 19.0. The minimum atomic E-state index is -1.16. The summed E-state index contributed by atoms with van der Waals surface area (Å²) in [6.45, 7) is 2.12. The van der Waals surface area contributed by atoms with Crippen LogP contribution >= 0.6 is 0 Å². The van der Waals surface area contributed by atoms with Gasteiger partial charge in [-0.3, -0.25) is 10.1 Å². The van der Waals surface area contributed by atoms with Crippen molar-refractivity contribution >= 4 is 11.7 Å². The summed E-state index contributed by atoms with van der Waals surface area (Å²) in [5.41, 5.74) is -0.256. The van der Waals surface area contributed by atoms with Crippen molar-refractivity contribution < 1.29 is 14.8 Å². The molecule has 1 aromatic heterocycles. The molecule has 0 fully saturated rings. The molecule has 0 aliphatic carbocycles. The van der Waals surface area contributed by atoms with Gasteiger partial charge in [0.25, 0.3) is 5.69 Å². The normalized spacial score (nSPS) is 9.92. The number of aryl methyl sites for hydroxylation is 1. The molecule has 13 heavy (non-hydrogen) atoms. The van der Waals surface area contributed by atoms with Gasteiger partial charge >= 0.3 is 5.97 Å². The lowest BCUT2D eigenvalue weighted by atomic mass is 10.4. The summed E-state index contributed by atoms with van der Waals surface area (Å²) in [7, 11) is 0. The van der Waals surface area contributed by atoms with Crippen molar-refractivity contribution in [3.05, 3.63) is 28.1 Å². The van der Waals surface area contributed by atoms with Crippen LogP contribution in [0.5, 0.6) is 0 Å². The molecule has 70 valence electrons. The van der Waals surface area contributed by atoms with Gasteiger partial charge < -0.3 is 9.67 Å². The zero-order valence-corrected chi connectivity index (χ0v) is 6.93. The average molecular weight is 184 g/mol. The van der Waals surface area contributed by atoms with Gasteiger partial charge in [0.05, 0.1) is 11.1 Å². The number of hydrogen-bond acceptors (Lipinski definition) is 3. The minimum Gasteiger partial charge on any atom is -0.477 e. The first-order valence-corrected chi connectivity index (χ1v) is 3.64. The highest BCUT2D eigenvalue weighted by Crippen LogP contribution is 2.16. The quantitative estimate of drug-likeness (QED) is 0.563. The van der Waals surface area contributed by atoms with E-state index >= 15 is 0 Å². The van der Waals surface area contributed by atoms with Crippen LogP contribution in [0.15, 0.2) is 12.3 Å². The molecule has 0 bridgehead atoms. The number of carboxylic acid groups (broad SMARTS) is 1. The fraction of sp³-hybridized carbons (Fsp3) is 0.286. The third-order valence-corrected chi connectivity index (χ3v) is 1.65. The summed E-state index contributed by atoms with van der Waals surface area (Å²) in [6, 6.07) is 1.05. The topological polar surface area (TPSA) is 85.4 Å². The van der Waals surface area contributed by atoms with E-state index < -0.39 is 10.9 Å². The maximum absolute atomic E-state index is 10.6. The van der Waals surface area contributed by atoms with Crippen LogP contribution in [-0.2, 0) is 6.54 Å². The Morgan fingerprint density at radius 3 is 2.69 bits per heavy atom. The molecule has 0 aromatic carbocycles. The van der Waals surface area contributed by atoms with Gasteiger partial charge in [-0.2, -0.15) is 0 Å². The first kappa shape index (κ1) is 9.24. The molecule has 0 radical (unpaired) electrons. The van der Waals surface area contributed by atoms with E-state index in [2.05, 4.69) is 0 Å². The lowest BCUT2D eigenvalue weighted by Gasteiger charge is -1.98. The van der Waals surface area contributed by atoms with Crippen LogP contribution in [-0.4, -0.2) is 20.6 Å². The van der Waals surface area contributed by atoms with Crippen LogP contribution in [0.3, 0.4) is 0 Å². The van der Waals surface area contributed by atoms with E-state index in [1.54, 1.807) is 6.92 Å². The van der Waals surface area contributed by atoms with E-state index in [1.165, 1.54) is 10.8 Å². The first-order valence-electron chi connectivity index (χ1n) is 3.64. The highest BCUT2D eigenvalue weighted by Gasteiger charge is 2.17. The smallest absolute Gasteiger partial charge is 0.352 e. The SMILES string of the molecule is CCn1cc([N+](=O)[O-])cc1C(=O)O. The summed E-state index contributed by atoms with van der Waals surface area (Å²) in [5.74, 6) is -1.16. The van der Waals surface area contributed by atoms with Gasteiger partial charge in [0.1, 0.15) is 5.69 Å². The van der Waals surface area contributed by atoms with E-state index in [0.717, 1.165) is 6.07 Å². The van der Waals surface area contributed by atoms with E-state index in [1.807, 2.05) is 0 Å². The van der Waals surface area contributed by atoms with Gasteiger partial charge in [0.2, 0.25) is 0 Å². The predicted molar refractivity (Wildman–Crippen MR) is 43.7 cm³/mol. The number of hydrogen-bond donors (Lipinski definition) is 1. The number of carbonyl (C=O) groups is 1. The van der Waals surface area contributed by atoms with Crippen LogP contribution < -0.4 is 0 Å². The molecule has 1 N–H and O–H groups in total. The monoisotopic (exact) mass is 184 g/mol. The van der Waals surface area contributed by atoms with Gasteiger partial charge in [-0.05, 0) is 6.92 Å². The molecule has 0 spiro atoms. The van der Waals surface area contributed by atoms with Crippen LogP contribution in [0.2, 0.25) is 0 Å². The second-order valence-corrected chi connectivity index (χ2v) is 2.43. The van der Waals surface area contributed by atoms with E-state index in [4.69, 9.17) is 5.11 Å². The summed E-state index contributed by atoms with van der Waals surface area (Å²) in [6.07, 6.45) is 1.21. The Bertz CT molecular complexity index is 355. The Morgan fingerprint density at radius 2 is 2.38 bits per heavy atom. The number of aromatic carboxylic acids is 1. The number of rotatable bonds is 3. The third-order valence-electron chi connectivity index (χ3n) is 1.65. The average Bonchev–Trinajstić information content (AvgIpc) is 2.47. The van der Waals surface area contributed by atoms with Crippen LogP contribution in [0.1, 0.15) is 17.4 Å². The van der Waals surface area contributed by atoms with Crippen molar-refractivity contribution in [2.24, 2.45) is 0 Å². The van der Waals surface area contributed by atoms with Gasteiger partial charge in [-0.15, -0.1) is 0 Å². The molecular formula is C7H8N2O4. The number of carboxylic acids is 1. The maximum Gasteiger partial charge on any atom is 0.352 e. The van der Waals surface area contributed by atoms with Crippen LogP contribution in [0.4, 0.5) is 5.69 Å². The summed E-state index contributed by atoms with van der Waals surface area (Å²) < 4.78 is 1.32. The predicted octanol–water partition coefficient (Wildman–Crippen LogP) is 1.11. The van der Waals surface area contributed by atoms with E-state index in [9.17, 15) is 14.9 Å². The molecule has 0 amide bonds. The Hall–Kier alpha value is -1.85. The lowest BCUT2D eigenvalue weighted by molar-refractivity contribution is -0.384. The Kier molecular flexibility index (Phi) is 2.32. The van der Waals surface area contributed by atoms with Gasteiger partial charge in [0.15, 0.2) is 0 Å². The Balaban J connectivity index is 3.19. The zero-order valence-electron chi connectivity index (χ0n) is 6.93. The van der Waals surface area contributed by atoms with E-state index in [0.29, 0.717) is 6.54 Å². The van der Waals surface area contributed by atoms with Gasteiger partial charge in [-0.25, -0.2) is 4.79 Å². The molecule has 0 atom stereocenters. The van der Waals surface area contributed by atoms with Crippen molar-refractivity contribution in [3.63, 3.8) is 0 Å². The Labute approximate surface area is 73.6 Å². The molecular weight excluding hydrogens is 176 g/mol. The lowest BCUT2D eigenvalue weighted by Crippen LogP contribution is -2.05. The van der Waals surface area contributed by atoms with Crippen molar-refractivity contribution in [1.29, 1.82) is 0 Å². The fourth-order valence-corrected chi connectivity index (χ4v) is 1.04. The minimum absolute atomic E-state index is 0.0609. The molecule has 6 heteroatoms. The molecule has 1 aromatic rings. The van der Waals surface area contributed by atoms with Gasteiger partial charge in [-0.1, -0.05) is 0 Å². The highest BCUT2D eigenvalue weighted by molar-refractivity contribution is 5.86. The molecule has 1 rings (SSSR count). The third kappa shape index (κ3) is 1.66. The van der Waals surface area contributed by atoms with Crippen LogP contribution in [0.25, 0.3) is 0 Å². The summed E-state index contributed by atoms with van der Waals surface area (Å²) >= 11 is 0. The number of nitrogens with zero attached hydrogens (tertiary/aromatic N) is 2. The van der Waals surface area contributed by atoms with Crippen molar-refractivity contribution in [1.82, 2.24) is 4.57 Å². The number of aromatic nitrogens is 1. The first-order chi connectivity index (χ1) is 6.06. The molecule has 0 aliphatic heterocycles. The van der Waals surface area contributed by atoms with Crippen LogP contribution in [0, 0.1) is 10.1 Å². The molecule has 0 aliphatic rings. The van der Waals surface area contributed by atoms with Gasteiger partial charge in [0, 0.05) is 12.6 Å². The fourth-order valence-electron chi connectivity index (χ4n) is 1.04. The molecule has 0 saturated heterocycles. The summed E-state index contributed by atoms with van der Waals surface area (Å²) in [4.78, 5) is 20.3. The zero-order chi connectivity index (χ0) is 10.0. The van der Waals surface area contributed by atoms with Crippen molar-refractivity contribution in [3.8, 4) is 0 Å². The standard InChI is InChI=1S/C7H8N2O4/c1-2-8-4-5(9(12)13)3-6(8)7(10)11/h3-4H,2H2,1H3,(H,10,11). The van der Waals surface area contributed by atoms with E-state index in [-0.39, 0.29) is 11.4 Å². The molecule has 0 unspecified atom stereocenters. The Morgan fingerprint density at radius 1 is 1.77 bits per heavy atom. The largest absolute Gasteiger partial charge is 0.477 e. The second kappa shape index (κ2) is 3.26. The second-order valence-electron chi connectivity index (χ2n) is 2.43.